The molecule has 0 saturated heterocycles. The van der Waals surface area contributed by atoms with Gasteiger partial charge in [-0.1, -0.05) is 29.8 Å². The summed E-state index contributed by atoms with van der Waals surface area (Å²) in [5.74, 6) is 0.495. The highest BCUT2D eigenvalue weighted by Gasteiger charge is 2.13. The van der Waals surface area contributed by atoms with Crippen LogP contribution in [0.2, 0.25) is 5.02 Å². The zero-order valence-electron chi connectivity index (χ0n) is 14.3. The van der Waals surface area contributed by atoms with Crippen LogP contribution in [0.25, 0.3) is 0 Å². The van der Waals surface area contributed by atoms with Crippen molar-refractivity contribution in [1.82, 2.24) is 5.32 Å². The van der Waals surface area contributed by atoms with E-state index in [1.807, 2.05) is 12.1 Å². The van der Waals surface area contributed by atoms with Gasteiger partial charge in [-0.3, -0.25) is 9.59 Å². The van der Waals surface area contributed by atoms with Crippen molar-refractivity contribution in [3.63, 3.8) is 0 Å². The van der Waals surface area contributed by atoms with Gasteiger partial charge in [-0.15, -0.1) is 11.8 Å². The van der Waals surface area contributed by atoms with Crippen molar-refractivity contribution in [1.29, 1.82) is 0 Å². The molecule has 0 saturated carbocycles. The number of rotatable bonds is 7. The second kappa shape index (κ2) is 9.30. The summed E-state index contributed by atoms with van der Waals surface area (Å²) in [7, 11) is 0. The summed E-state index contributed by atoms with van der Waals surface area (Å²) >= 11 is 7.26. The van der Waals surface area contributed by atoms with E-state index in [1.165, 1.54) is 11.8 Å². The lowest BCUT2D eigenvalue weighted by Gasteiger charge is -2.10. The first-order chi connectivity index (χ1) is 13.1. The summed E-state index contributed by atoms with van der Waals surface area (Å²) in [4.78, 5) is 25.4. The van der Waals surface area contributed by atoms with Gasteiger partial charge in [-0.05, 0) is 42.5 Å². The molecule has 1 heterocycles. The molecule has 1 aromatic heterocycles. The fourth-order valence-corrected chi connectivity index (χ4v) is 3.41. The molecule has 5 nitrogen and oxygen atoms in total. The first-order valence-corrected chi connectivity index (χ1v) is 9.56. The third-order valence-electron chi connectivity index (χ3n) is 3.61. The van der Waals surface area contributed by atoms with Gasteiger partial charge in [-0.2, -0.15) is 0 Å². The SMILES string of the molecule is O=C(CSc1ccccc1C(=O)Nc1cccc(Cl)c1)NCc1ccco1. The average molecular weight is 401 g/mol. The van der Waals surface area contributed by atoms with Gasteiger partial charge in [0.15, 0.2) is 0 Å². The van der Waals surface area contributed by atoms with Crippen molar-refractivity contribution in [2.45, 2.75) is 11.4 Å². The second-order valence-electron chi connectivity index (χ2n) is 5.61. The summed E-state index contributed by atoms with van der Waals surface area (Å²) < 4.78 is 5.18. The monoisotopic (exact) mass is 400 g/mol. The Hall–Kier alpha value is -2.70. The maximum atomic E-state index is 12.6. The topological polar surface area (TPSA) is 71.3 Å². The summed E-state index contributed by atoms with van der Waals surface area (Å²) in [5, 5.41) is 6.15. The Labute approximate surface area is 166 Å². The predicted octanol–water partition coefficient (Wildman–Crippen LogP) is 4.59. The molecular formula is C20H17ClN2O3S. The average Bonchev–Trinajstić information content (AvgIpc) is 3.18. The lowest BCUT2D eigenvalue weighted by molar-refractivity contribution is -0.118. The highest BCUT2D eigenvalue weighted by atomic mass is 35.5. The minimum Gasteiger partial charge on any atom is -0.467 e. The van der Waals surface area contributed by atoms with Crippen molar-refractivity contribution in [2.75, 3.05) is 11.1 Å². The Morgan fingerprint density at radius 3 is 2.67 bits per heavy atom. The van der Waals surface area contributed by atoms with Crippen LogP contribution >= 0.6 is 23.4 Å². The van der Waals surface area contributed by atoms with E-state index in [-0.39, 0.29) is 17.6 Å². The fourth-order valence-electron chi connectivity index (χ4n) is 2.34. The number of amides is 2. The Balaban J connectivity index is 1.59. The Kier molecular flexibility index (Phi) is 6.57. The number of nitrogens with one attached hydrogen (secondary N) is 2. The molecular weight excluding hydrogens is 384 g/mol. The van der Waals surface area contributed by atoms with Crippen molar-refractivity contribution < 1.29 is 14.0 Å². The van der Waals surface area contributed by atoms with E-state index in [0.29, 0.717) is 28.6 Å². The van der Waals surface area contributed by atoms with Crippen LogP contribution in [0.15, 0.2) is 76.2 Å². The standard InChI is InChI=1S/C20H17ClN2O3S/c21-14-5-3-6-15(11-14)23-20(25)17-8-1-2-9-18(17)27-13-19(24)22-12-16-7-4-10-26-16/h1-11H,12-13H2,(H,22,24)(H,23,25). The molecule has 0 fully saturated rings. The molecule has 3 aromatic rings. The fraction of sp³-hybridized carbons (Fsp3) is 0.100. The number of furan rings is 1. The molecule has 0 bridgehead atoms. The van der Waals surface area contributed by atoms with Crippen LogP contribution in [-0.2, 0) is 11.3 Å². The van der Waals surface area contributed by atoms with Crippen molar-refractivity contribution in [3.8, 4) is 0 Å². The number of thioether (sulfide) groups is 1. The molecule has 0 radical (unpaired) electrons. The number of anilines is 1. The molecule has 0 aliphatic carbocycles. The van der Waals surface area contributed by atoms with Gasteiger partial charge in [0.05, 0.1) is 24.1 Å². The van der Waals surface area contributed by atoms with E-state index in [4.69, 9.17) is 16.0 Å². The number of hydrogen-bond acceptors (Lipinski definition) is 4. The number of carbonyl (C=O) groups is 2. The van der Waals surface area contributed by atoms with Crippen LogP contribution in [0, 0.1) is 0 Å². The zero-order chi connectivity index (χ0) is 19.1. The first kappa shape index (κ1) is 19.1. The summed E-state index contributed by atoms with van der Waals surface area (Å²) in [6.45, 7) is 0.337. The Bertz CT molecular complexity index is 928. The highest BCUT2D eigenvalue weighted by molar-refractivity contribution is 8.00. The molecule has 7 heteroatoms. The van der Waals surface area contributed by atoms with Crippen LogP contribution in [0.4, 0.5) is 5.69 Å². The van der Waals surface area contributed by atoms with E-state index >= 15 is 0 Å². The quantitative estimate of drug-likeness (QED) is 0.569. The minimum absolute atomic E-state index is 0.138. The van der Waals surface area contributed by atoms with Crippen molar-refractivity contribution >= 4 is 40.9 Å². The lowest BCUT2D eigenvalue weighted by atomic mass is 10.2. The van der Waals surface area contributed by atoms with Gasteiger partial charge in [-0.25, -0.2) is 0 Å². The van der Waals surface area contributed by atoms with Gasteiger partial charge < -0.3 is 15.1 Å². The number of benzene rings is 2. The molecule has 0 aliphatic rings. The zero-order valence-corrected chi connectivity index (χ0v) is 15.8. The van der Waals surface area contributed by atoms with Crippen LogP contribution in [0.1, 0.15) is 16.1 Å². The molecule has 0 unspecified atom stereocenters. The Morgan fingerprint density at radius 2 is 1.89 bits per heavy atom. The van der Waals surface area contributed by atoms with Gasteiger partial charge in [0, 0.05) is 15.6 Å². The van der Waals surface area contributed by atoms with Gasteiger partial charge in [0.25, 0.3) is 5.91 Å². The van der Waals surface area contributed by atoms with E-state index in [9.17, 15) is 9.59 Å². The molecule has 0 atom stereocenters. The predicted molar refractivity (Wildman–Crippen MR) is 107 cm³/mol. The maximum Gasteiger partial charge on any atom is 0.256 e. The van der Waals surface area contributed by atoms with Crippen LogP contribution in [0.3, 0.4) is 0 Å². The molecule has 2 aromatic carbocycles. The number of hydrogen-bond donors (Lipinski definition) is 2. The molecule has 0 spiro atoms. The molecule has 0 aliphatic heterocycles. The van der Waals surface area contributed by atoms with Crippen molar-refractivity contribution in [3.05, 3.63) is 83.3 Å². The first-order valence-electron chi connectivity index (χ1n) is 8.19. The molecule has 2 amide bonds. The summed E-state index contributed by atoms with van der Waals surface area (Å²) in [6, 6.07) is 17.7. The second-order valence-corrected chi connectivity index (χ2v) is 7.06. The van der Waals surface area contributed by atoms with E-state index in [1.54, 1.807) is 54.8 Å². The van der Waals surface area contributed by atoms with Crippen LogP contribution in [-0.4, -0.2) is 17.6 Å². The minimum atomic E-state index is -0.253. The number of carbonyl (C=O) groups excluding carboxylic acids is 2. The third-order valence-corrected chi connectivity index (χ3v) is 4.92. The molecule has 3 rings (SSSR count). The largest absolute Gasteiger partial charge is 0.467 e. The van der Waals surface area contributed by atoms with E-state index in [0.717, 1.165) is 4.90 Å². The lowest BCUT2D eigenvalue weighted by Crippen LogP contribution is -2.24. The molecule has 2 N–H and O–H groups in total. The third kappa shape index (κ3) is 5.64. The van der Waals surface area contributed by atoms with Gasteiger partial charge >= 0.3 is 0 Å². The Morgan fingerprint density at radius 1 is 1.04 bits per heavy atom. The summed E-state index contributed by atoms with van der Waals surface area (Å²) in [6.07, 6.45) is 1.56. The van der Waals surface area contributed by atoms with Gasteiger partial charge in [0.1, 0.15) is 5.76 Å². The van der Waals surface area contributed by atoms with Crippen LogP contribution < -0.4 is 10.6 Å². The molecule has 27 heavy (non-hydrogen) atoms. The summed E-state index contributed by atoms with van der Waals surface area (Å²) in [5.41, 5.74) is 1.12. The van der Waals surface area contributed by atoms with Crippen LogP contribution in [0.5, 0.6) is 0 Å². The maximum absolute atomic E-state index is 12.6. The van der Waals surface area contributed by atoms with Crippen molar-refractivity contribution in [2.24, 2.45) is 0 Å². The highest BCUT2D eigenvalue weighted by Crippen LogP contribution is 2.24. The molecule has 138 valence electrons. The smallest absolute Gasteiger partial charge is 0.256 e. The normalized spacial score (nSPS) is 10.4. The van der Waals surface area contributed by atoms with E-state index in [2.05, 4.69) is 10.6 Å². The number of halogens is 1. The van der Waals surface area contributed by atoms with Gasteiger partial charge in [0.2, 0.25) is 5.91 Å². The van der Waals surface area contributed by atoms with E-state index < -0.39 is 0 Å².